The van der Waals surface area contributed by atoms with Crippen molar-refractivity contribution < 1.29 is 14.3 Å². The number of para-hydroxylation sites is 2. The van der Waals surface area contributed by atoms with E-state index >= 15 is 0 Å². The van der Waals surface area contributed by atoms with E-state index in [-0.39, 0.29) is 5.91 Å². The number of nitrogens with one attached hydrogen (secondary N) is 1. The van der Waals surface area contributed by atoms with Crippen molar-refractivity contribution in [2.45, 2.75) is 26.2 Å². The van der Waals surface area contributed by atoms with Gasteiger partial charge in [0.25, 0.3) is 0 Å². The van der Waals surface area contributed by atoms with E-state index in [0.717, 1.165) is 12.8 Å². The third-order valence-corrected chi connectivity index (χ3v) is 3.56. The maximum absolute atomic E-state index is 12.1. The molecule has 4 nitrogen and oxygen atoms in total. The zero-order chi connectivity index (χ0) is 17.0. The minimum absolute atomic E-state index is 0.00629. The van der Waals surface area contributed by atoms with Crippen molar-refractivity contribution in [3.63, 3.8) is 0 Å². The van der Waals surface area contributed by atoms with Crippen LogP contribution in [-0.4, -0.2) is 25.7 Å². The lowest BCUT2D eigenvalue weighted by atomic mass is 10.1. The summed E-state index contributed by atoms with van der Waals surface area (Å²) in [5.74, 6) is 0.681. The molecule has 0 aromatic heterocycles. The van der Waals surface area contributed by atoms with Gasteiger partial charge in [-0.3, -0.25) is 4.79 Å². The van der Waals surface area contributed by atoms with Crippen LogP contribution in [0.25, 0.3) is 0 Å². The summed E-state index contributed by atoms with van der Waals surface area (Å²) in [5, 5.41) is 2.93. The van der Waals surface area contributed by atoms with Gasteiger partial charge in [0.1, 0.15) is 12.4 Å². The van der Waals surface area contributed by atoms with E-state index in [2.05, 4.69) is 17.4 Å². The van der Waals surface area contributed by atoms with Gasteiger partial charge < -0.3 is 14.8 Å². The highest BCUT2D eigenvalue weighted by atomic mass is 16.5. The van der Waals surface area contributed by atoms with Gasteiger partial charge in [0.05, 0.1) is 12.3 Å². The van der Waals surface area contributed by atoms with Crippen molar-refractivity contribution in [3.05, 3.63) is 60.2 Å². The highest BCUT2D eigenvalue weighted by Crippen LogP contribution is 2.24. The molecule has 0 heterocycles. The molecule has 0 saturated carbocycles. The largest absolute Gasteiger partial charge is 0.489 e. The quantitative estimate of drug-likeness (QED) is 0.669. The van der Waals surface area contributed by atoms with E-state index in [1.807, 2.05) is 49.4 Å². The molecule has 2 rings (SSSR count). The van der Waals surface area contributed by atoms with E-state index in [9.17, 15) is 4.79 Å². The summed E-state index contributed by atoms with van der Waals surface area (Å²) in [6.45, 7) is 3.62. The number of benzene rings is 2. The first-order chi connectivity index (χ1) is 11.8. The Morgan fingerprint density at radius 3 is 2.54 bits per heavy atom. The van der Waals surface area contributed by atoms with Crippen molar-refractivity contribution in [2.24, 2.45) is 0 Å². The van der Waals surface area contributed by atoms with Crippen molar-refractivity contribution in [1.82, 2.24) is 0 Å². The number of rotatable bonds is 10. The van der Waals surface area contributed by atoms with Gasteiger partial charge in [-0.05, 0) is 37.5 Å². The maximum atomic E-state index is 12.1. The predicted octanol–water partition coefficient (Wildman–Crippen LogP) is 4.06. The standard InChI is InChI=1S/C20H25NO3/c1-2-23-15-16-24-19-13-7-6-12-18(19)21-20(22)14-8-11-17-9-4-3-5-10-17/h3-7,9-10,12-13H,2,8,11,14-16H2,1H3,(H,21,22). The Labute approximate surface area is 143 Å². The summed E-state index contributed by atoms with van der Waals surface area (Å²) in [5.41, 5.74) is 1.96. The minimum Gasteiger partial charge on any atom is -0.489 e. The number of hydrogen-bond acceptors (Lipinski definition) is 3. The van der Waals surface area contributed by atoms with Gasteiger partial charge in [0, 0.05) is 13.0 Å². The summed E-state index contributed by atoms with van der Waals surface area (Å²) in [4.78, 5) is 12.1. The Bertz CT molecular complexity index is 613. The minimum atomic E-state index is 0.00629. The van der Waals surface area contributed by atoms with E-state index in [0.29, 0.717) is 37.7 Å². The highest BCUT2D eigenvalue weighted by molar-refractivity contribution is 5.92. The smallest absolute Gasteiger partial charge is 0.224 e. The molecule has 0 aliphatic rings. The molecule has 1 amide bonds. The summed E-state index contributed by atoms with van der Waals surface area (Å²) < 4.78 is 10.9. The molecule has 0 aliphatic heterocycles. The van der Waals surface area contributed by atoms with Crippen LogP contribution in [0.2, 0.25) is 0 Å². The first-order valence-electron chi connectivity index (χ1n) is 8.43. The Morgan fingerprint density at radius 2 is 1.75 bits per heavy atom. The number of carbonyl (C=O) groups is 1. The molecule has 0 unspecified atom stereocenters. The van der Waals surface area contributed by atoms with Crippen LogP contribution in [-0.2, 0) is 16.0 Å². The average molecular weight is 327 g/mol. The van der Waals surface area contributed by atoms with Gasteiger partial charge in [-0.15, -0.1) is 0 Å². The van der Waals surface area contributed by atoms with E-state index in [1.54, 1.807) is 0 Å². The molecule has 0 radical (unpaired) electrons. The van der Waals surface area contributed by atoms with Gasteiger partial charge >= 0.3 is 0 Å². The van der Waals surface area contributed by atoms with Crippen LogP contribution >= 0.6 is 0 Å². The number of aryl methyl sites for hydroxylation is 1. The molecule has 1 N–H and O–H groups in total. The van der Waals surface area contributed by atoms with Crippen LogP contribution in [0.15, 0.2) is 54.6 Å². The Morgan fingerprint density at radius 1 is 1.00 bits per heavy atom. The van der Waals surface area contributed by atoms with E-state index < -0.39 is 0 Å². The normalized spacial score (nSPS) is 10.4. The van der Waals surface area contributed by atoms with Gasteiger partial charge in [-0.1, -0.05) is 42.5 Å². The fourth-order valence-corrected chi connectivity index (χ4v) is 2.36. The number of carbonyl (C=O) groups excluding carboxylic acids is 1. The fourth-order valence-electron chi connectivity index (χ4n) is 2.36. The zero-order valence-corrected chi connectivity index (χ0v) is 14.2. The molecule has 24 heavy (non-hydrogen) atoms. The molecule has 0 bridgehead atoms. The maximum Gasteiger partial charge on any atom is 0.224 e. The van der Waals surface area contributed by atoms with Crippen molar-refractivity contribution >= 4 is 11.6 Å². The van der Waals surface area contributed by atoms with Gasteiger partial charge in [-0.25, -0.2) is 0 Å². The fraction of sp³-hybridized carbons (Fsp3) is 0.350. The molecular weight excluding hydrogens is 302 g/mol. The first-order valence-corrected chi connectivity index (χ1v) is 8.43. The number of anilines is 1. The van der Waals surface area contributed by atoms with Crippen LogP contribution in [0, 0.1) is 0 Å². The molecule has 0 atom stereocenters. The van der Waals surface area contributed by atoms with Crippen molar-refractivity contribution in [3.8, 4) is 5.75 Å². The lowest BCUT2D eigenvalue weighted by Gasteiger charge is -2.12. The third kappa shape index (κ3) is 6.42. The molecule has 0 spiro atoms. The van der Waals surface area contributed by atoms with E-state index in [4.69, 9.17) is 9.47 Å². The molecule has 4 heteroatoms. The molecule has 0 aliphatic carbocycles. The predicted molar refractivity (Wildman–Crippen MR) is 96.4 cm³/mol. The molecule has 0 saturated heterocycles. The Hall–Kier alpha value is -2.33. The van der Waals surface area contributed by atoms with Crippen LogP contribution in [0.1, 0.15) is 25.3 Å². The monoisotopic (exact) mass is 327 g/mol. The summed E-state index contributed by atoms with van der Waals surface area (Å²) in [6.07, 6.45) is 2.21. The molecule has 0 fully saturated rings. The Kier molecular flexibility index (Phi) is 7.84. The van der Waals surface area contributed by atoms with Crippen molar-refractivity contribution in [1.29, 1.82) is 0 Å². The third-order valence-electron chi connectivity index (χ3n) is 3.56. The number of ether oxygens (including phenoxy) is 2. The number of hydrogen-bond donors (Lipinski definition) is 1. The van der Waals surface area contributed by atoms with Gasteiger partial charge in [-0.2, -0.15) is 0 Å². The van der Waals surface area contributed by atoms with Crippen LogP contribution in [0.3, 0.4) is 0 Å². The first kappa shape index (κ1) is 18.0. The summed E-state index contributed by atoms with van der Waals surface area (Å²) >= 11 is 0. The molecule has 2 aromatic carbocycles. The van der Waals surface area contributed by atoms with Crippen LogP contribution in [0.4, 0.5) is 5.69 Å². The molecular formula is C20H25NO3. The van der Waals surface area contributed by atoms with Crippen molar-refractivity contribution in [2.75, 3.05) is 25.1 Å². The second-order valence-corrected chi connectivity index (χ2v) is 5.43. The van der Waals surface area contributed by atoms with Gasteiger partial charge in [0.2, 0.25) is 5.91 Å². The van der Waals surface area contributed by atoms with Crippen LogP contribution < -0.4 is 10.1 Å². The second kappa shape index (κ2) is 10.4. The zero-order valence-electron chi connectivity index (χ0n) is 14.2. The van der Waals surface area contributed by atoms with Crippen LogP contribution in [0.5, 0.6) is 5.75 Å². The summed E-state index contributed by atoms with van der Waals surface area (Å²) in [6, 6.07) is 17.7. The Balaban J connectivity index is 1.78. The van der Waals surface area contributed by atoms with Gasteiger partial charge in [0.15, 0.2) is 0 Å². The molecule has 2 aromatic rings. The molecule has 128 valence electrons. The number of amides is 1. The lowest BCUT2D eigenvalue weighted by molar-refractivity contribution is -0.116. The lowest BCUT2D eigenvalue weighted by Crippen LogP contribution is -2.13. The van der Waals surface area contributed by atoms with E-state index in [1.165, 1.54) is 5.56 Å². The average Bonchev–Trinajstić information content (AvgIpc) is 2.61. The summed E-state index contributed by atoms with van der Waals surface area (Å²) in [7, 11) is 0. The highest BCUT2D eigenvalue weighted by Gasteiger charge is 2.07. The second-order valence-electron chi connectivity index (χ2n) is 5.43. The topological polar surface area (TPSA) is 47.6 Å². The SMILES string of the molecule is CCOCCOc1ccccc1NC(=O)CCCc1ccccc1.